The molecule has 1 aromatic heterocycles. The van der Waals surface area contributed by atoms with Gasteiger partial charge in [0.2, 0.25) is 11.8 Å². The van der Waals surface area contributed by atoms with Crippen LogP contribution in [0.25, 0.3) is 0 Å². The fourth-order valence-electron chi connectivity index (χ4n) is 6.09. The van der Waals surface area contributed by atoms with Gasteiger partial charge in [0, 0.05) is 18.8 Å². The highest BCUT2D eigenvalue weighted by molar-refractivity contribution is 6.01. The molecule has 0 spiro atoms. The molecule has 29 heavy (non-hydrogen) atoms. The first-order valence-corrected chi connectivity index (χ1v) is 10.5. The van der Waals surface area contributed by atoms with E-state index in [0.29, 0.717) is 30.6 Å². The van der Waals surface area contributed by atoms with E-state index in [-0.39, 0.29) is 17.7 Å². The Bertz CT molecular complexity index is 973. The van der Waals surface area contributed by atoms with Gasteiger partial charge in [-0.05, 0) is 78.3 Å². The van der Waals surface area contributed by atoms with Crippen molar-refractivity contribution in [3.8, 4) is 5.75 Å². The lowest BCUT2D eigenvalue weighted by Gasteiger charge is -2.54. The minimum Gasteiger partial charge on any atom is -0.508 e. The lowest BCUT2D eigenvalue weighted by atomic mass is 9.52. The number of carbonyl (C=O) groups is 2. The van der Waals surface area contributed by atoms with Gasteiger partial charge in [-0.15, -0.1) is 0 Å². The molecule has 1 saturated carbocycles. The number of amides is 2. The van der Waals surface area contributed by atoms with Crippen molar-refractivity contribution in [2.45, 2.75) is 51.5 Å². The lowest BCUT2D eigenvalue weighted by Crippen LogP contribution is -2.58. The Labute approximate surface area is 170 Å². The first kappa shape index (κ1) is 18.3. The SMILES string of the molecule is C[C@]12CCC3c4ccc(O)cc4CCC3C1CC(=O)N(Cc1cccnc1)C2=O. The standard InChI is InChI=1S/C24H26N2O3/c1-24-9-8-19-18-7-5-17(27)11-16(18)4-6-20(19)21(24)12-22(28)26(23(24)29)14-15-3-2-10-25-13-15/h2-3,5,7,10-11,13,19-21,27H,4,6,8-9,12,14H2,1H3/t19?,20?,21?,24-/m0/s1. The molecule has 5 rings (SSSR count). The molecule has 3 aliphatic rings. The highest BCUT2D eigenvalue weighted by Crippen LogP contribution is 2.58. The Balaban J connectivity index is 1.44. The van der Waals surface area contributed by atoms with Crippen LogP contribution >= 0.6 is 0 Å². The van der Waals surface area contributed by atoms with E-state index in [4.69, 9.17) is 0 Å². The van der Waals surface area contributed by atoms with Crippen LogP contribution in [-0.4, -0.2) is 26.8 Å². The van der Waals surface area contributed by atoms with Gasteiger partial charge in [0.1, 0.15) is 5.75 Å². The number of pyridine rings is 1. The maximum Gasteiger partial charge on any atom is 0.235 e. The molecule has 3 unspecified atom stereocenters. The first-order valence-electron chi connectivity index (χ1n) is 10.5. The highest BCUT2D eigenvalue weighted by atomic mass is 16.3. The molecule has 0 bridgehead atoms. The van der Waals surface area contributed by atoms with Gasteiger partial charge in [-0.1, -0.05) is 19.1 Å². The van der Waals surface area contributed by atoms with Crippen LogP contribution < -0.4 is 0 Å². The molecule has 1 aromatic carbocycles. The summed E-state index contributed by atoms with van der Waals surface area (Å²) in [5.74, 6) is 1.06. The Morgan fingerprint density at radius 3 is 2.90 bits per heavy atom. The van der Waals surface area contributed by atoms with Crippen LogP contribution in [0.2, 0.25) is 0 Å². The molecule has 2 aromatic rings. The number of carbonyl (C=O) groups excluding carboxylic acids is 2. The van der Waals surface area contributed by atoms with Gasteiger partial charge < -0.3 is 5.11 Å². The van der Waals surface area contributed by atoms with Crippen LogP contribution in [-0.2, 0) is 22.6 Å². The van der Waals surface area contributed by atoms with Crippen molar-refractivity contribution in [2.75, 3.05) is 0 Å². The second-order valence-electron chi connectivity index (χ2n) is 9.11. The number of benzene rings is 1. The number of aromatic hydroxyl groups is 1. The highest BCUT2D eigenvalue weighted by Gasteiger charge is 2.57. The predicted octanol–water partition coefficient (Wildman–Crippen LogP) is 3.81. The summed E-state index contributed by atoms with van der Waals surface area (Å²) in [6.45, 7) is 2.38. The Hall–Kier alpha value is -2.69. The average molecular weight is 390 g/mol. The van der Waals surface area contributed by atoms with Crippen molar-refractivity contribution in [3.63, 3.8) is 0 Å². The summed E-state index contributed by atoms with van der Waals surface area (Å²) in [4.78, 5) is 32.1. The zero-order valence-electron chi connectivity index (χ0n) is 16.7. The van der Waals surface area contributed by atoms with Gasteiger partial charge >= 0.3 is 0 Å². The number of aromatic nitrogens is 1. The average Bonchev–Trinajstić information content (AvgIpc) is 2.72. The van der Waals surface area contributed by atoms with Crippen LogP contribution in [0.5, 0.6) is 5.75 Å². The zero-order chi connectivity index (χ0) is 20.2. The molecule has 2 amide bonds. The summed E-state index contributed by atoms with van der Waals surface area (Å²) in [6.07, 6.45) is 7.49. The number of hydrogen-bond acceptors (Lipinski definition) is 4. The third kappa shape index (κ3) is 2.86. The normalized spacial score (nSPS) is 31.1. The van der Waals surface area contributed by atoms with Crippen molar-refractivity contribution in [2.24, 2.45) is 17.3 Å². The summed E-state index contributed by atoms with van der Waals surface area (Å²) >= 11 is 0. The van der Waals surface area contributed by atoms with Crippen molar-refractivity contribution < 1.29 is 14.7 Å². The number of phenols is 1. The van der Waals surface area contributed by atoms with E-state index >= 15 is 0 Å². The van der Waals surface area contributed by atoms with Crippen LogP contribution in [0, 0.1) is 17.3 Å². The van der Waals surface area contributed by atoms with Crippen LogP contribution in [0.3, 0.4) is 0 Å². The van der Waals surface area contributed by atoms with Gasteiger partial charge in [-0.3, -0.25) is 19.5 Å². The number of imide groups is 1. The van der Waals surface area contributed by atoms with E-state index in [1.807, 2.05) is 24.3 Å². The quantitative estimate of drug-likeness (QED) is 0.792. The minimum absolute atomic E-state index is 0.0162. The van der Waals surface area contributed by atoms with Gasteiger partial charge in [0.15, 0.2) is 0 Å². The molecular weight excluding hydrogens is 364 g/mol. The monoisotopic (exact) mass is 390 g/mol. The number of hydrogen-bond donors (Lipinski definition) is 1. The first-order chi connectivity index (χ1) is 14.0. The molecule has 150 valence electrons. The molecule has 0 radical (unpaired) electrons. The largest absolute Gasteiger partial charge is 0.508 e. The minimum atomic E-state index is -0.480. The molecule has 2 heterocycles. The Morgan fingerprint density at radius 1 is 1.24 bits per heavy atom. The topological polar surface area (TPSA) is 70.5 Å². The van der Waals surface area contributed by atoms with Crippen LogP contribution in [0.4, 0.5) is 0 Å². The maximum atomic E-state index is 13.5. The van der Waals surface area contributed by atoms with Crippen molar-refractivity contribution in [3.05, 3.63) is 59.4 Å². The summed E-state index contributed by atoms with van der Waals surface area (Å²) in [5, 5.41) is 9.83. The molecule has 1 aliphatic heterocycles. The fraction of sp³-hybridized carbons (Fsp3) is 0.458. The summed E-state index contributed by atoms with van der Waals surface area (Å²) in [7, 11) is 0. The number of phenolic OH excluding ortho intramolecular Hbond substituents is 1. The number of piperidine rings is 1. The van der Waals surface area contributed by atoms with Crippen LogP contribution in [0.1, 0.15) is 55.2 Å². The van der Waals surface area contributed by atoms with Crippen molar-refractivity contribution >= 4 is 11.8 Å². The van der Waals surface area contributed by atoms with Crippen molar-refractivity contribution in [1.82, 2.24) is 9.88 Å². The van der Waals surface area contributed by atoms with Gasteiger partial charge in [0.25, 0.3) is 0 Å². The number of fused-ring (bicyclic) bond motifs is 5. The molecular formula is C24H26N2O3. The molecule has 5 heteroatoms. The number of likely N-dealkylation sites (tertiary alicyclic amines) is 1. The van der Waals surface area contributed by atoms with E-state index < -0.39 is 5.41 Å². The molecule has 2 fully saturated rings. The third-order valence-electron chi connectivity index (χ3n) is 7.59. The smallest absolute Gasteiger partial charge is 0.235 e. The Kier molecular flexibility index (Phi) is 4.23. The molecule has 2 aliphatic carbocycles. The van der Waals surface area contributed by atoms with Gasteiger partial charge in [0.05, 0.1) is 12.0 Å². The van der Waals surface area contributed by atoms with E-state index in [2.05, 4.69) is 11.9 Å². The summed E-state index contributed by atoms with van der Waals surface area (Å²) in [6, 6.07) is 9.44. The third-order valence-corrected chi connectivity index (χ3v) is 7.59. The second-order valence-corrected chi connectivity index (χ2v) is 9.11. The Morgan fingerprint density at radius 2 is 2.10 bits per heavy atom. The predicted molar refractivity (Wildman–Crippen MR) is 108 cm³/mol. The van der Waals surface area contributed by atoms with Gasteiger partial charge in [-0.2, -0.15) is 0 Å². The van der Waals surface area contributed by atoms with E-state index in [0.717, 1.165) is 31.2 Å². The van der Waals surface area contributed by atoms with Crippen LogP contribution in [0.15, 0.2) is 42.7 Å². The molecule has 1 saturated heterocycles. The van der Waals surface area contributed by atoms with Gasteiger partial charge in [-0.25, -0.2) is 0 Å². The van der Waals surface area contributed by atoms with E-state index in [9.17, 15) is 14.7 Å². The zero-order valence-corrected chi connectivity index (χ0v) is 16.7. The lowest BCUT2D eigenvalue weighted by molar-refractivity contribution is -0.168. The number of aryl methyl sites for hydroxylation is 1. The second kappa shape index (κ2) is 6.68. The fourth-order valence-corrected chi connectivity index (χ4v) is 6.09. The number of rotatable bonds is 2. The summed E-state index contributed by atoms with van der Waals surface area (Å²) < 4.78 is 0. The van der Waals surface area contributed by atoms with Crippen molar-refractivity contribution in [1.29, 1.82) is 0 Å². The van der Waals surface area contributed by atoms with E-state index in [1.165, 1.54) is 16.0 Å². The molecule has 5 nitrogen and oxygen atoms in total. The summed E-state index contributed by atoms with van der Waals surface area (Å²) in [5.41, 5.74) is 2.93. The molecule has 4 atom stereocenters. The molecule has 1 N–H and O–H groups in total. The maximum absolute atomic E-state index is 13.5. The number of nitrogens with zero attached hydrogens (tertiary/aromatic N) is 2. The van der Waals surface area contributed by atoms with E-state index in [1.54, 1.807) is 18.5 Å².